The van der Waals surface area contributed by atoms with Crippen LogP contribution in [0.2, 0.25) is 5.02 Å². The van der Waals surface area contributed by atoms with Crippen molar-refractivity contribution in [3.8, 4) is 0 Å². The number of cyclic esters (lactones) is 1. The first kappa shape index (κ1) is 20.1. The van der Waals surface area contributed by atoms with E-state index in [4.69, 9.17) is 16.3 Å². The normalized spacial score (nSPS) is 15.5. The second-order valence-electron chi connectivity index (χ2n) is 6.94. The predicted octanol–water partition coefficient (Wildman–Crippen LogP) is 7.34. The van der Waals surface area contributed by atoms with Gasteiger partial charge in [0.05, 0.1) is 10.6 Å². The lowest BCUT2D eigenvalue weighted by Gasteiger charge is -2.07. The summed E-state index contributed by atoms with van der Waals surface area (Å²) in [7, 11) is 0. The largest absolute Gasteiger partial charge is 0.422 e. The molecule has 0 N–H and O–H groups in total. The highest BCUT2D eigenvalue weighted by atomic mass is 35.5. The zero-order valence-corrected chi connectivity index (χ0v) is 18.7. The van der Waals surface area contributed by atoms with Crippen molar-refractivity contribution in [1.82, 2.24) is 0 Å². The maximum Gasteiger partial charge on any atom is 0.344 e. The number of carbonyl (C=O) groups excluding carboxylic acids is 1. The van der Waals surface area contributed by atoms with Gasteiger partial charge in [0.15, 0.2) is 0 Å². The summed E-state index contributed by atoms with van der Waals surface area (Å²) in [5.41, 5.74) is 3.20. The zero-order valence-electron chi connectivity index (χ0n) is 16.4. The minimum absolute atomic E-state index is 0.207. The molecule has 0 fully saturated rings. The van der Waals surface area contributed by atoms with Crippen LogP contribution in [0.5, 0.6) is 0 Å². The number of aryl methyl sites for hydroxylation is 4. The summed E-state index contributed by atoms with van der Waals surface area (Å²) in [5.74, 6) is -0.571. The van der Waals surface area contributed by atoms with E-state index in [9.17, 15) is 9.18 Å². The highest BCUT2D eigenvalue weighted by molar-refractivity contribution is 7.12. The SMILES string of the molecule is Cc1cc(C2=C(c3cc(C)sc3C)C(=Cc3c(F)cccc3Cl)OC2=O)c(C)s1. The summed E-state index contributed by atoms with van der Waals surface area (Å²) >= 11 is 9.51. The first-order valence-electron chi connectivity index (χ1n) is 9.03. The fraction of sp³-hybridized carbons (Fsp3) is 0.174. The van der Waals surface area contributed by atoms with Gasteiger partial charge in [-0.15, -0.1) is 22.7 Å². The highest BCUT2D eigenvalue weighted by Gasteiger charge is 2.35. The number of hydrogen-bond acceptors (Lipinski definition) is 4. The van der Waals surface area contributed by atoms with E-state index in [1.807, 2.05) is 39.8 Å². The molecule has 0 amide bonds. The maximum absolute atomic E-state index is 14.4. The number of ether oxygens (including phenoxy) is 1. The van der Waals surface area contributed by atoms with Gasteiger partial charge in [-0.05, 0) is 58.0 Å². The molecule has 148 valence electrons. The van der Waals surface area contributed by atoms with Crippen LogP contribution in [-0.2, 0) is 9.53 Å². The van der Waals surface area contributed by atoms with Crippen molar-refractivity contribution >= 4 is 57.5 Å². The fourth-order valence-corrected chi connectivity index (χ4v) is 5.66. The molecular formula is C23H18ClFO2S2. The first-order valence-corrected chi connectivity index (χ1v) is 11.0. The summed E-state index contributed by atoms with van der Waals surface area (Å²) in [4.78, 5) is 17.3. The van der Waals surface area contributed by atoms with Crippen molar-refractivity contribution in [3.05, 3.63) is 83.1 Å². The molecule has 0 saturated heterocycles. The molecule has 0 bridgehead atoms. The molecule has 29 heavy (non-hydrogen) atoms. The molecule has 2 aromatic heterocycles. The van der Waals surface area contributed by atoms with Crippen LogP contribution in [0.25, 0.3) is 17.2 Å². The number of hydrogen-bond donors (Lipinski definition) is 0. The van der Waals surface area contributed by atoms with Gasteiger partial charge in [0.25, 0.3) is 0 Å². The molecule has 0 aliphatic carbocycles. The molecule has 1 aliphatic heterocycles. The van der Waals surface area contributed by atoms with Gasteiger partial charge >= 0.3 is 5.97 Å². The molecule has 0 spiro atoms. The van der Waals surface area contributed by atoms with E-state index >= 15 is 0 Å². The van der Waals surface area contributed by atoms with E-state index in [2.05, 4.69) is 0 Å². The van der Waals surface area contributed by atoms with Gasteiger partial charge < -0.3 is 4.74 Å². The Balaban J connectivity index is 2.02. The van der Waals surface area contributed by atoms with Crippen molar-refractivity contribution in [2.75, 3.05) is 0 Å². The first-order chi connectivity index (χ1) is 13.8. The molecule has 4 rings (SSSR count). The summed E-state index contributed by atoms with van der Waals surface area (Å²) in [6, 6.07) is 8.55. The number of thiophene rings is 2. The Morgan fingerprint density at radius 3 is 2.07 bits per heavy atom. The van der Waals surface area contributed by atoms with Crippen molar-refractivity contribution < 1.29 is 13.9 Å². The molecule has 2 nitrogen and oxygen atoms in total. The molecule has 0 radical (unpaired) electrons. The van der Waals surface area contributed by atoms with Gasteiger partial charge in [0.1, 0.15) is 11.6 Å². The van der Waals surface area contributed by atoms with Crippen LogP contribution in [0.3, 0.4) is 0 Å². The quantitative estimate of drug-likeness (QED) is 0.395. The second kappa shape index (κ2) is 7.56. The van der Waals surface area contributed by atoms with E-state index in [0.29, 0.717) is 16.9 Å². The summed E-state index contributed by atoms with van der Waals surface area (Å²) in [5, 5.41) is 0.266. The average molecular weight is 445 g/mol. The molecule has 3 heterocycles. The highest BCUT2D eigenvalue weighted by Crippen LogP contribution is 2.45. The fourth-order valence-electron chi connectivity index (χ4n) is 3.58. The van der Waals surface area contributed by atoms with Crippen LogP contribution in [-0.4, -0.2) is 5.97 Å². The van der Waals surface area contributed by atoms with Gasteiger partial charge in [-0.1, -0.05) is 17.7 Å². The van der Waals surface area contributed by atoms with Crippen LogP contribution in [0.1, 0.15) is 36.2 Å². The number of esters is 1. The van der Waals surface area contributed by atoms with E-state index in [0.717, 1.165) is 30.6 Å². The number of benzene rings is 1. The standard InChI is InChI=1S/C23H18ClFO2S2/c1-11-8-15(13(3)28-11)21-20(10-17-18(24)6-5-7-19(17)25)27-23(26)22(21)16-9-12(2)29-14(16)4/h5-10H,1-4H3. The molecule has 1 aliphatic rings. The lowest BCUT2D eigenvalue weighted by atomic mass is 9.94. The Morgan fingerprint density at radius 2 is 1.55 bits per heavy atom. The lowest BCUT2D eigenvalue weighted by molar-refractivity contribution is -0.131. The van der Waals surface area contributed by atoms with Gasteiger partial charge in [-0.25, -0.2) is 9.18 Å². The number of halogens is 2. The van der Waals surface area contributed by atoms with Crippen LogP contribution < -0.4 is 0 Å². The van der Waals surface area contributed by atoms with E-state index in [-0.39, 0.29) is 10.6 Å². The van der Waals surface area contributed by atoms with Gasteiger partial charge in [0.2, 0.25) is 0 Å². The van der Waals surface area contributed by atoms with Gasteiger partial charge in [0, 0.05) is 41.8 Å². The molecular weight excluding hydrogens is 427 g/mol. The second-order valence-corrected chi connectivity index (χ2v) is 10.3. The van der Waals surface area contributed by atoms with Crippen molar-refractivity contribution in [1.29, 1.82) is 0 Å². The minimum Gasteiger partial charge on any atom is -0.422 e. The van der Waals surface area contributed by atoms with E-state index in [1.54, 1.807) is 34.8 Å². The maximum atomic E-state index is 14.4. The van der Waals surface area contributed by atoms with Crippen LogP contribution in [0.4, 0.5) is 4.39 Å². The lowest BCUT2D eigenvalue weighted by Crippen LogP contribution is -1.98. The third-order valence-electron chi connectivity index (χ3n) is 4.80. The Kier molecular flexibility index (Phi) is 5.23. The summed E-state index contributed by atoms with van der Waals surface area (Å²) in [6.07, 6.45) is 1.53. The van der Waals surface area contributed by atoms with Crippen molar-refractivity contribution in [2.45, 2.75) is 27.7 Å². The summed E-state index contributed by atoms with van der Waals surface area (Å²) < 4.78 is 20.1. The van der Waals surface area contributed by atoms with E-state index < -0.39 is 11.8 Å². The molecule has 1 aromatic carbocycles. The monoisotopic (exact) mass is 444 g/mol. The van der Waals surface area contributed by atoms with Crippen LogP contribution in [0, 0.1) is 33.5 Å². The van der Waals surface area contributed by atoms with Gasteiger partial charge in [-0.2, -0.15) is 0 Å². The Bertz CT molecular complexity index is 1190. The average Bonchev–Trinajstić information content (AvgIpc) is 3.25. The topological polar surface area (TPSA) is 26.3 Å². The minimum atomic E-state index is -0.463. The van der Waals surface area contributed by atoms with E-state index in [1.165, 1.54) is 12.1 Å². The molecule has 0 atom stereocenters. The van der Waals surface area contributed by atoms with Crippen LogP contribution >= 0.6 is 34.3 Å². The van der Waals surface area contributed by atoms with Crippen molar-refractivity contribution in [3.63, 3.8) is 0 Å². The smallest absolute Gasteiger partial charge is 0.344 e. The number of allylic oxidation sites excluding steroid dienone is 1. The number of carbonyl (C=O) groups is 1. The summed E-state index contributed by atoms with van der Waals surface area (Å²) in [6.45, 7) is 8.04. The third-order valence-corrected chi connectivity index (χ3v) is 7.06. The molecule has 6 heteroatoms. The Hall–Kier alpha value is -2.21. The van der Waals surface area contributed by atoms with Crippen LogP contribution in [0.15, 0.2) is 36.1 Å². The third kappa shape index (κ3) is 3.59. The molecule has 0 unspecified atom stereocenters. The molecule has 0 saturated carbocycles. The molecule has 3 aromatic rings. The van der Waals surface area contributed by atoms with Crippen molar-refractivity contribution in [2.24, 2.45) is 0 Å². The number of rotatable bonds is 3. The predicted molar refractivity (Wildman–Crippen MR) is 120 cm³/mol. The van der Waals surface area contributed by atoms with Gasteiger partial charge in [-0.3, -0.25) is 0 Å². The Labute approximate surface area is 181 Å². The Morgan fingerprint density at radius 1 is 0.966 bits per heavy atom. The zero-order chi connectivity index (χ0) is 20.9.